The zero-order valence-electron chi connectivity index (χ0n) is 17.0. The second kappa shape index (κ2) is 7.81. The predicted molar refractivity (Wildman–Crippen MR) is 115 cm³/mol. The number of aromatic nitrogens is 2. The number of nitriles is 1. The van der Waals surface area contributed by atoms with Gasteiger partial charge >= 0.3 is 6.09 Å². The minimum Gasteiger partial charge on any atom is -0.465 e. The van der Waals surface area contributed by atoms with Crippen LogP contribution in [0.5, 0.6) is 0 Å². The molecule has 3 rings (SSSR count). The van der Waals surface area contributed by atoms with Crippen molar-refractivity contribution in [2.75, 3.05) is 0 Å². The second-order valence-electron chi connectivity index (χ2n) is 7.91. The average Bonchev–Trinajstić information content (AvgIpc) is 2.66. The van der Waals surface area contributed by atoms with Gasteiger partial charge in [-0.3, -0.25) is 14.3 Å². The maximum absolute atomic E-state index is 13.5. The third-order valence-corrected chi connectivity index (χ3v) is 5.11. The maximum Gasteiger partial charge on any atom is 0.408 e. The Morgan fingerprint density at radius 2 is 1.93 bits per heavy atom. The molecule has 0 fully saturated rings. The highest BCUT2D eigenvalue weighted by Crippen LogP contribution is 2.30. The van der Waals surface area contributed by atoms with Gasteiger partial charge < -0.3 is 5.11 Å². The van der Waals surface area contributed by atoms with Gasteiger partial charge in [0.05, 0.1) is 39.3 Å². The highest BCUT2D eigenvalue weighted by molar-refractivity contribution is 6.35. The summed E-state index contributed by atoms with van der Waals surface area (Å²) in [5.74, 6) is 0.238. The number of benzene rings is 2. The quantitative estimate of drug-likeness (QED) is 0.654. The summed E-state index contributed by atoms with van der Waals surface area (Å²) in [6.45, 7) is 7.00. The van der Waals surface area contributed by atoms with E-state index in [1.165, 1.54) is 9.47 Å². The molecule has 0 saturated carbocycles. The smallest absolute Gasteiger partial charge is 0.408 e. The highest BCUT2D eigenvalue weighted by Gasteiger charge is 2.34. The second-order valence-corrected chi connectivity index (χ2v) is 8.31. The van der Waals surface area contributed by atoms with Crippen LogP contribution in [0, 0.1) is 11.3 Å². The summed E-state index contributed by atoms with van der Waals surface area (Å²) in [4.78, 5) is 31.4. The third-order valence-electron chi connectivity index (χ3n) is 4.80. The summed E-state index contributed by atoms with van der Waals surface area (Å²) in [5, 5.41) is 19.6. The molecule has 1 aromatic heterocycles. The van der Waals surface area contributed by atoms with Gasteiger partial charge in [0.15, 0.2) is 0 Å². The molecule has 30 heavy (non-hydrogen) atoms. The Labute approximate surface area is 178 Å². The summed E-state index contributed by atoms with van der Waals surface area (Å²) in [6.07, 6.45) is -1.13. The van der Waals surface area contributed by atoms with Crippen LogP contribution in [0.4, 0.5) is 4.79 Å². The molecular weight excluding hydrogens is 404 g/mol. The lowest BCUT2D eigenvalue weighted by Gasteiger charge is -2.38. The molecule has 0 saturated heterocycles. The van der Waals surface area contributed by atoms with E-state index in [0.717, 1.165) is 0 Å². The minimum absolute atomic E-state index is 0.232. The molecule has 0 aliphatic heterocycles. The van der Waals surface area contributed by atoms with Crippen LogP contribution in [0.1, 0.15) is 45.1 Å². The van der Waals surface area contributed by atoms with Crippen molar-refractivity contribution in [1.29, 1.82) is 5.26 Å². The van der Waals surface area contributed by atoms with E-state index in [1.54, 1.807) is 70.2 Å². The fourth-order valence-corrected chi connectivity index (χ4v) is 3.85. The summed E-state index contributed by atoms with van der Waals surface area (Å²) < 4.78 is 1.33. The Morgan fingerprint density at radius 1 is 1.27 bits per heavy atom. The molecule has 0 unspecified atom stereocenters. The zero-order chi connectivity index (χ0) is 22.2. The minimum atomic E-state index is -1.13. The Balaban J connectivity index is 2.42. The molecule has 0 aliphatic rings. The van der Waals surface area contributed by atoms with E-state index >= 15 is 0 Å². The largest absolute Gasteiger partial charge is 0.465 e. The molecular formula is C22H21ClN4O3. The van der Waals surface area contributed by atoms with E-state index < -0.39 is 23.2 Å². The Bertz CT molecular complexity index is 1240. The SMILES string of the molecule is C[C@@H](c1nc2cccc(Cl)c2c(=O)n1-c1cccc(C#N)c1)N(C(=O)O)C(C)(C)C. The number of carbonyl (C=O) groups is 1. The van der Waals surface area contributed by atoms with Crippen LogP contribution in [0.25, 0.3) is 16.6 Å². The van der Waals surface area contributed by atoms with Crippen molar-refractivity contribution in [3.8, 4) is 11.8 Å². The monoisotopic (exact) mass is 424 g/mol. The molecule has 1 heterocycles. The van der Waals surface area contributed by atoms with E-state index in [0.29, 0.717) is 16.8 Å². The lowest BCUT2D eigenvalue weighted by atomic mass is 10.0. The Kier molecular flexibility index (Phi) is 5.55. The molecule has 154 valence electrons. The van der Waals surface area contributed by atoms with E-state index in [-0.39, 0.29) is 16.2 Å². The van der Waals surface area contributed by atoms with Crippen molar-refractivity contribution in [1.82, 2.24) is 14.5 Å². The first kappa shape index (κ1) is 21.3. The fraction of sp³-hybridized carbons (Fsp3) is 0.273. The van der Waals surface area contributed by atoms with Gasteiger partial charge in [0.1, 0.15) is 5.82 Å². The lowest BCUT2D eigenvalue weighted by molar-refractivity contribution is 0.0719. The summed E-state index contributed by atoms with van der Waals surface area (Å²) in [5.41, 5.74) is -0.0216. The number of carboxylic acid groups (broad SMARTS) is 1. The average molecular weight is 425 g/mol. The third kappa shape index (κ3) is 3.74. The van der Waals surface area contributed by atoms with Gasteiger partial charge in [-0.15, -0.1) is 0 Å². The first-order chi connectivity index (χ1) is 14.1. The molecule has 0 radical (unpaired) electrons. The first-order valence-electron chi connectivity index (χ1n) is 9.30. The van der Waals surface area contributed by atoms with E-state index in [2.05, 4.69) is 11.1 Å². The number of hydrogen-bond donors (Lipinski definition) is 1. The summed E-state index contributed by atoms with van der Waals surface area (Å²) in [6, 6.07) is 12.8. The standard InChI is InChI=1S/C22H21ClN4O3/c1-13(27(21(29)30)22(2,3)4)19-25-17-10-6-9-16(23)18(17)20(28)26(19)15-8-5-7-14(11-15)12-24/h5-11,13H,1-4H3,(H,29,30)/t13-/m0/s1. The molecule has 1 N–H and O–H groups in total. The highest BCUT2D eigenvalue weighted by atomic mass is 35.5. The molecule has 0 aliphatic carbocycles. The van der Waals surface area contributed by atoms with Gasteiger partial charge in [-0.1, -0.05) is 23.7 Å². The molecule has 1 amide bonds. The van der Waals surface area contributed by atoms with Crippen LogP contribution >= 0.6 is 11.6 Å². The lowest BCUT2D eigenvalue weighted by Crippen LogP contribution is -2.47. The molecule has 8 heteroatoms. The van der Waals surface area contributed by atoms with Gasteiger partial charge in [-0.05, 0) is 58.0 Å². The topological polar surface area (TPSA) is 99.2 Å². The Morgan fingerprint density at radius 3 is 2.53 bits per heavy atom. The van der Waals surface area contributed by atoms with Crippen LogP contribution < -0.4 is 5.56 Å². The predicted octanol–water partition coefficient (Wildman–Crippen LogP) is 4.75. The molecule has 0 spiro atoms. The van der Waals surface area contributed by atoms with Crippen molar-refractivity contribution in [3.63, 3.8) is 0 Å². The van der Waals surface area contributed by atoms with Gasteiger partial charge in [0.2, 0.25) is 0 Å². The normalized spacial score (nSPS) is 12.4. The van der Waals surface area contributed by atoms with E-state index in [1.807, 2.05) is 0 Å². The van der Waals surface area contributed by atoms with Gasteiger partial charge in [-0.2, -0.15) is 5.26 Å². The zero-order valence-corrected chi connectivity index (χ0v) is 17.8. The number of rotatable bonds is 3. The van der Waals surface area contributed by atoms with Gasteiger partial charge in [0, 0.05) is 5.54 Å². The summed E-state index contributed by atoms with van der Waals surface area (Å²) >= 11 is 6.29. The van der Waals surface area contributed by atoms with Gasteiger partial charge in [0.25, 0.3) is 5.56 Å². The molecule has 0 bridgehead atoms. The van der Waals surface area contributed by atoms with E-state index in [9.17, 15) is 20.0 Å². The molecule has 1 atom stereocenters. The Hall–Kier alpha value is -3.37. The van der Waals surface area contributed by atoms with Crippen LogP contribution in [-0.4, -0.2) is 31.2 Å². The van der Waals surface area contributed by atoms with Crippen molar-refractivity contribution in [3.05, 3.63) is 69.2 Å². The van der Waals surface area contributed by atoms with E-state index in [4.69, 9.17) is 11.6 Å². The number of amides is 1. The van der Waals surface area contributed by atoms with Crippen LogP contribution in [-0.2, 0) is 0 Å². The number of hydrogen-bond acceptors (Lipinski definition) is 4. The van der Waals surface area contributed by atoms with Crippen molar-refractivity contribution in [2.45, 2.75) is 39.3 Å². The number of halogens is 1. The first-order valence-corrected chi connectivity index (χ1v) is 9.68. The molecule has 2 aromatic carbocycles. The van der Waals surface area contributed by atoms with Crippen LogP contribution in [0.3, 0.4) is 0 Å². The van der Waals surface area contributed by atoms with Crippen molar-refractivity contribution >= 4 is 28.6 Å². The summed E-state index contributed by atoms with van der Waals surface area (Å²) in [7, 11) is 0. The number of fused-ring (bicyclic) bond motifs is 1. The maximum atomic E-state index is 13.5. The van der Waals surface area contributed by atoms with Crippen molar-refractivity contribution in [2.24, 2.45) is 0 Å². The molecule has 3 aromatic rings. The molecule has 7 nitrogen and oxygen atoms in total. The number of nitrogens with zero attached hydrogens (tertiary/aromatic N) is 4. The van der Waals surface area contributed by atoms with Crippen LogP contribution in [0.2, 0.25) is 5.02 Å². The van der Waals surface area contributed by atoms with Crippen LogP contribution in [0.15, 0.2) is 47.3 Å². The van der Waals surface area contributed by atoms with Crippen molar-refractivity contribution < 1.29 is 9.90 Å². The van der Waals surface area contributed by atoms with Gasteiger partial charge in [-0.25, -0.2) is 9.78 Å². The fourth-order valence-electron chi connectivity index (χ4n) is 3.60.